The first-order valence-corrected chi connectivity index (χ1v) is 6.68. The second-order valence-electron chi connectivity index (χ2n) is 6.16. The molecule has 0 bridgehead atoms. The molecule has 0 spiro atoms. The molecule has 94 valence electrons. The summed E-state index contributed by atoms with van der Waals surface area (Å²) in [5.74, 6) is 0.700. The van der Waals surface area contributed by atoms with Crippen molar-refractivity contribution < 1.29 is 4.74 Å². The molecule has 0 N–H and O–H groups in total. The first kappa shape index (κ1) is 12.6. The third kappa shape index (κ3) is 2.71. The number of benzene rings is 1. The van der Waals surface area contributed by atoms with Gasteiger partial charge in [-0.15, -0.1) is 0 Å². The fraction of sp³-hybridized carbons (Fsp3) is 0.625. The van der Waals surface area contributed by atoms with Gasteiger partial charge in [-0.25, -0.2) is 0 Å². The van der Waals surface area contributed by atoms with Crippen LogP contribution in [0.5, 0.6) is 0 Å². The van der Waals surface area contributed by atoms with Gasteiger partial charge in [0.1, 0.15) is 0 Å². The van der Waals surface area contributed by atoms with E-state index in [2.05, 4.69) is 45.9 Å². The number of rotatable bonds is 1. The van der Waals surface area contributed by atoms with Gasteiger partial charge < -0.3 is 4.74 Å². The fourth-order valence-electron chi connectivity index (χ4n) is 2.92. The summed E-state index contributed by atoms with van der Waals surface area (Å²) in [4.78, 5) is 0. The maximum Gasteiger partial charge on any atom is 0.0471 e. The first-order chi connectivity index (χ1) is 8.00. The zero-order chi connectivity index (χ0) is 12.5. The summed E-state index contributed by atoms with van der Waals surface area (Å²) in [7, 11) is 0. The van der Waals surface area contributed by atoms with Crippen molar-refractivity contribution in [3.05, 3.63) is 34.9 Å². The third-order valence-electron chi connectivity index (χ3n) is 3.84. The normalized spacial score (nSPS) is 18.4. The summed E-state index contributed by atoms with van der Waals surface area (Å²) in [6.45, 7) is 11.0. The second-order valence-corrected chi connectivity index (χ2v) is 6.16. The molecule has 1 heteroatoms. The van der Waals surface area contributed by atoms with Crippen molar-refractivity contribution in [2.24, 2.45) is 0 Å². The molecule has 1 aromatic rings. The van der Waals surface area contributed by atoms with Gasteiger partial charge in [0.25, 0.3) is 0 Å². The lowest BCUT2D eigenvalue weighted by molar-refractivity contribution is 0.0852. The highest BCUT2D eigenvalue weighted by atomic mass is 16.5. The molecule has 0 aromatic heterocycles. The average molecular weight is 232 g/mol. The van der Waals surface area contributed by atoms with Crippen LogP contribution in [0.25, 0.3) is 0 Å². The van der Waals surface area contributed by atoms with Gasteiger partial charge >= 0.3 is 0 Å². The van der Waals surface area contributed by atoms with Crippen molar-refractivity contribution in [2.45, 2.75) is 51.9 Å². The van der Waals surface area contributed by atoms with E-state index in [9.17, 15) is 0 Å². The molecule has 0 amide bonds. The third-order valence-corrected chi connectivity index (χ3v) is 3.84. The van der Waals surface area contributed by atoms with E-state index in [1.165, 1.54) is 24.0 Å². The zero-order valence-electron chi connectivity index (χ0n) is 11.5. The van der Waals surface area contributed by atoms with Crippen molar-refractivity contribution in [3.63, 3.8) is 0 Å². The van der Waals surface area contributed by atoms with Gasteiger partial charge in [-0.2, -0.15) is 0 Å². The van der Waals surface area contributed by atoms with E-state index in [0.29, 0.717) is 5.92 Å². The quantitative estimate of drug-likeness (QED) is 0.705. The minimum atomic E-state index is 0.241. The molecule has 1 aromatic carbocycles. The molecule has 0 saturated carbocycles. The number of hydrogen-bond acceptors (Lipinski definition) is 1. The van der Waals surface area contributed by atoms with Crippen LogP contribution in [0.4, 0.5) is 0 Å². The van der Waals surface area contributed by atoms with Crippen molar-refractivity contribution in [2.75, 3.05) is 13.2 Å². The van der Waals surface area contributed by atoms with Crippen molar-refractivity contribution >= 4 is 0 Å². The summed E-state index contributed by atoms with van der Waals surface area (Å²) in [5.41, 5.74) is 4.76. The Hall–Kier alpha value is -0.820. The fourth-order valence-corrected chi connectivity index (χ4v) is 2.92. The molecule has 1 fully saturated rings. The molecule has 1 aliphatic rings. The van der Waals surface area contributed by atoms with Crippen LogP contribution in [0.1, 0.15) is 56.2 Å². The lowest BCUT2D eigenvalue weighted by atomic mass is 9.79. The van der Waals surface area contributed by atoms with Crippen LogP contribution in [0.2, 0.25) is 0 Å². The topological polar surface area (TPSA) is 9.23 Å². The Kier molecular flexibility index (Phi) is 3.58. The van der Waals surface area contributed by atoms with Gasteiger partial charge in [-0.1, -0.05) is 39.0 Å². The molecule has 2 rings (SSSR count). The standard InChI is InChI=1S/C16H24O/c1-12-14(13-8-10-17-11-9-13)6-5-7-15(12)16(2,3)4/h5-7,13H,8-11H2,1-4H3. The average Bonchev–Trinajstić information content (AvgIpc) is 2.29. The van der Waals surface area contributed by atoms with Crippen LogP contribution in [0.3, 0.4) is 0 Å². The van der Waals surface area contributed by atoms with Crippen LogP contribution in [0, 0.1) is 6.92 Å². The van der Waals surface area contributed by atoms with Crippen molar-refractivity contribution in [3.8, 4) is 0 Å². The van der Waals surface area contributed by atoms with Gasteiger partial charge in [0, 0.05) is 13.2 Å². The minimum absolute atomic E-state index is 0.241. The predicted molar refractivity (Wildman–Crippen MR) is 72.7 cm³/mol. The summed E-state index contributed by atoms with van der Waals surface area (Å²) in [5, 5.41) is 0. The Labute approximate surface area is 105 Å². The number of hydrogen-bond donors (Lipinski definition) is 0. The summed E-state index contributed by atoms with van der Waals surface area (Å²) < 4.78 is 5.46. The van der Waals surface area contributed by atoms with E-state index in [1.807, 2.05) is 0 Å². The summed E-state index contributed by atoms with van der Waals surface area (Å²) in [6, 6.07) is 6.80. The van der Waals surface area contributed by atoms with Gasteiger partial charge in [0.15, 0.2) is 0 Å². The summed E-state index contributed by atoms with van der Waals surface area (Å²) >= 11 is 0. The molecule has 0 aliphatic carbocycles. The van der Waals surface area contributed by atoms with E-state index < -0.39 is 0 Å². The highest BCUT2D eigenvalue weighted by molar-refractivity contribution is 5.40. The Bertz CT molecular complexity index is 381. The SMILES string of the molecule is Cc1c(C2CCOCC2)cccc1C(C)(C)C. The minimum Gasteiger partial charge on any atom is -0.381 e. The predicted octanol–water partition coefficient (Wildman–Crippen LogP) is 4.19. The van der Waals surface area contributed by atoms with Crippen LogP contribution >= 0.6 is 0 Å². The highest BCUT2D eigenvalue weighted by Gasteiger charge is 2.22. The lowest BCUT2D eigenvalue weighted by Gasteiger charge is -2.28. The maximum absolute atomic E-state index is 5.46. The van der Waals surface area contributed by atoms with Crippen LogP contribution < -0.4 is 0 Å². The molecule has 0 unspecified atom stereocenters. The van der Waals surface area contributed by atoms with Crippen LogP contribution in [-0.4, -0.2) is 13.2 Å². The van der Waals surface area contributed by atoms with Gasteiger partial charge in [0.2, 0.25) is 0 Å². The Balaban J connectivity index is 2.35. The smallest absolute Gasteiger partial charge is 0.0471 e. The van der Waals surface area contributed by atoms with Gasteiger partial charge in [-0.05, 0) is 47.8 Å². The molecule has 1 aliphatic heterocycles. The molecule has 1 saturated heterocycles. The monoisotopic (exact) mass is 232 g/mol. The summed E-state index contributed by atoms with van der Waals surface area (Å²) in [6.07, 6.45) is 2.35. The molecule has 1 nitrogen and oxygen atoms in total. The highest BCUT2D eigenvalue weighted by Crippen LogP contribution is 2.34. The largest absolute Gasteiger partial charge is 0.381 e. The second kappa shape index (κ2) is 4.81. The van der Waals surface area contributed by atoms with E-state index in [1.54, 1.807) is 5.56 Å². The first-order valence-electron chi connectivity index (χ1n) is 6.68. The van der Waals surface area contributed by atoms with E-state index in [4.69, 9.17) is 4.74 Å². The Morgan fingerprint density at radius 3 is 2.35 bits per heavy atom. The maximum atomic E-state index is 5.46. The van der Waals surface area contributed by atoms with Crippen molar-refractivity contribution in [1.82, 2.24) is 0 Å². The molecule has 0 atom stereocenters. The number of ether oxygens (including phenoxy) is 1. The van der Waals surface area contributed by atoms with E-state index in [0.717, 1.165) is 13.2 Å². The molecule has 17 heavy (non-hydrogen) atoms. The van der Waals surface area contributed by atoms with Crippen molar-refractivity contribution in [1.29, 1.82) is 0 Å². The van der Waals surface area contributed by atoms with Gasteiger partial charge in [0.05, 0.1) is 0 Å². The lowest BCUT2D eigenvalue weighted by Crippen LogP contribution is -2.18. The van der Waals surface area contributed by atoms with Gasteiger partial charge in [-0.3, -0.25) is 0 Å². The molecular formula is C16H24O. The Morgan fingerprint density at radius 2 is 1.76 bits per heavy atom. The van der Waals surface area contributed by atoms with Crippen LogP contribution in [0.15, 0.2) is 18.2 Å². The molecule has 0 radical (unpaired) electrons. The molecular weight excluding hydrogens is 208 g/mol. The Morgan fingerprint density at radius 1 is 1.12 bits per heavy atom. The van der Waals surface area contributed by atoms with Crippen LogP contribution in [-0.2, 0) is 10.2 Å². The van der Waals surface area contributed by atoms with E-state index in [-0.39, 0.29) is 5.41 Å². The van der Waals surface area contributed by atoms with E-state index >= 15 is 0 Å². The zero-order valence-corrected chi connectivity index (χ0v) is 11.5. The molecule has 1 heterocycles.